The molecule has 4 aromatic carbocycles. The summed E-state index contributed by atoms with van der Waals surface area (Å²) in [6.45, 7) is 1.56. The maximum absolute atomic E-state index is 13.8. The van der Waals surface area contributed by atoms with E-state index in [1.807, 2.05) is 91.0 Å². The van der Waals surface area contributed by atoms with Gasteiger partial charge in [0.25, 0.3) is 5.91 Å². The van der Waals surface area contributed by atoms with Crippen molar-refractivity contribution in [1.82, 2.24) is 10.2 Å². The van der Waals surface area contributed by atoms with Crippen LogP contribution in [0.3, 0.4) is 0 Å². The summed E-state index contributed by atoms with van der Waals surface area (Å²) >= 11 is 0. The third-order valence-corrected chi connectivity index (χ3v) is 7.18. The Hall–Kier alpha value is -4.65. The van der Waals surface area contributed by atoms with Gasteiger partial charge in [0, 0.05) is 0 Å². The highest BCUT2D eigenvalue weighted by Gasteiger charge is 2.50. The number of nitrogens with one attached hydrogen (secondary N) is 1. The number of fused-ring (bicyclic) bond motifs is 2. The third kappa shape index (κ3) is 3.80. The van der Waals surface area contributed by atoms with E-state index in [-0.39, 0.29) is 19.1 Å². The number of hydrogen-bond acceptors (Lipinski definition) is 4. The van der Waals surface area contributed by atoms with Gasteiger partial charge in [-0.1, -0.05) is 78.9 Å². The summed E-state index contributed by atoms with van der Waals surface area (Å²) in [4.78, 5) is 43.1. The van der Waals surface area contributed by atoms with Crippen LogP contribution in [0.2, 0.25) is 0 Å². The summed E-state index contributed by atoms with van der Waals surface area (Å²) < 4.78 is 5.96. The van der Waals surface area contributed by atoms with Crippen LogP contribution in [-0.4, -0.2) is 35.9 Å². The number of para-hydroxylation sites is 2. The Morgan fingerprint density at radius 3 is 2.43 bits per heavy atom. The molecular formula is C30H25N3O4. The van der Waals surface area contributed by atoms with Gasteiger partial charge in [0.15, 0.2) is 0 Å². The maximum atomic E-state index is 13.8. The molecule has 4 aromatic rings. The van der Waals surface area contributed by atoms with Gasteiger partial charge < -0.3 is 10.1 Å². The van der Waals surface area contributed by atoms with Crippen molar-refractivity contribution < 1.29 is 19.1 Å². The number of carbonyl (C=O) groups is 3. The average molecular weight is 492 g/mol. The van der Waals surface area contributed by atoms with Crippen LogP contribution in [0.4, 0.5) is 10.5 Å². The van der Waals surface area contributed by atoms with E-state index in [0.29, 0.717) is 17.0 Å². The molecule has 0 unspecified atom stereocenters. The predicted octanol–water partition coefficient (Wildman–Crippen LogP) is 4.77. The zero-order valence-electron chi connectivity index (χ0n) is 20.3. The van der Waals surface area contributed by atoms with Crippen molar-refractivity contribution >= 4 is 34.3 Å². The third-order valence-electron chi connectivity index (χ3n) is 7.18. The number of imide groups is 1. The lowest BCUT2D eigenvalue weighted by Gasteiger charge is -2.37. The second-order valence-electron chi connectivity index (χ2n) is 9.48. The molecule has 7 heteroatoms. The fourth-order valence-corrected chi connectivity index (χ4v) is 5.17. The SMILES string of the molecule is C[C@]1(c2ccc3ccccc3c2)NC(=O)N(CC(=O)N2c3ccccc3OC[C@@H]2c2ccccc2)C1=O. The molecule has 37 heavy (non-hydrogen) atoms. The number of ether oxygens (including phenoxy) is 1. The van der Waals surface area contributed by atoms with Crippen molar-refractivity contribution in [3.63, 3.8) is 0 Å². The van der Waals surface area contributed by atoms with Crippen molar-refractivity contribution in [3.8, 4) is 5.75 Å². The molecule has 0 bridgehead atoms. The van der Waals surface area contributed by atoms with E-state index in [4.69, 9.17) is 4.74 Å². The van der Waals surface area contributed by atoms with Crippen molar-refractivity contribution in [2.24, 2.45) is 0 Å². The highest BCUT2D eigenvalue weighted by atomic mass is 16.5. The number of carbonyl (C=O) groups excluding carboxylic acids is 3. The smallest absolute Gasteiger partial charge is 0.325 e. The molecular weight excluding hydrogens is 466 g/mol. The number of urea groups is 1. The largest absolute Gasteiger partial charge is 0.489 e. The van der Waals surface area contributed by atoms with Crippen molar-refractivity contribution in [2.45, 2.75) is 18.5 Å². The molecule has 2 atom stereocenters. The Balaban J connectivity index is 1.31. The van der Waals surface area contributed by atoms with E-state index in [9.17, 15) is 14.4 Å². The quantitative estimate of drug-likeness (QED) is 0.417. The van der Waals surface area contributed by atoms with Gasteiger partial charge in [-0.05, 0) is 47.0 Å². The van der Waals surface area contributed by atoms with Gasteiger partial charge in [-0.2, -0.15) is 0 Å². The van der Waals surface area contributed by atoms with E-state index in [2.05, 4.69) is 5.32 Å². The van der Waals surface area contributed by atoms with Gasteiger partial charge >= 0.3 is 6.03 Å². The fraction of sp³-hybridized carbons (Fsp3) is 0.167. The van der Waals surface area contributed by atoms with E-state index in [1.165, 1.54) is 0 Å². The molecule has 0 saturated carbocycles. The summed E-state index contributed by atoms with van der Waals surface area (Å²) in [5.41, 5.74) is 0.905. The molecule has 7 nitrogen and oxygen atoms in total. The molecule has 0 radical (unpaired) electrons. The first kappa shape index (κ1) is 22.8. The Kier molecular flexibility index (Phi) is 5.41. The minimum Gasteiger partial charge on any atom is -0.489 e. The molecule has 2 aliphatic heterocycles. The monoisotopic (exact) mass is 491 g/mol. The molecule has 1 saturated heterocycles. The molecule has 6 rings (SSSR count). The van der Waals surface area contributed by atoms with Crippen LogP contribution >= 0.6 is 0 Å². The van der Waals surface area contributed by atoms with Crippen LogP contribution in [0, 0.1) is 0 Å². The standard InChI is InChI=1S/C30H25N3O4/c1-30(23-16-15-20-9-5-6-12-22(20)17-23)28(35)32(29(36)31-30)18-27(34)33-24-13-7-8-14-26(24)37-19-25(33)21-10-3-2-4-11-21/h2-17,25H,18-19H2,1H3,(H,31,36)/t25-,30-/m1/s1. The lowest BCUT2D eigenvalue weighted by Crippen LogP contribution is -2.48. The molecule has 2 heterocycles. The first-order chi connectivity index (χ1) is 18.0. The van der Waals surface area contributed by atoms with Crippen LogP contribution in [-0.2, 0) is 15.1 Å². The van der Waals surface area contributed by atoms with Gasteiger partial charge in [0.1, 0.15) is 24.4 Å². The Bertz CT molecular complexity index is 1540. The van der Waals surface area contributed by atoms with Gasteiger partial charge in [-0.3, -0.25) is 19.4 Å². The summed E-state index contributed by atoms with van der Waals surface area (Å²) in [5.74, 6) is -0.240. The van der Waals surface area contributed by atoms with Crippen LogP contribution < -0.4 is 15.0 Å². The molecule has 2 aliphatic rings. The Morgan fingerprint density at radius 2 is 1.62 bits per heavy atom. The minimum atomic E-state index is -1.27. The highest BCUT2D eigenvalue weighted by molar-refractivity contribution is 6.11. The molecule has 1 fully saturated rings. The fourth-order valence-electron chi connectivity index (χ4n) is 5.17. The van der Waals surface area contributed by atoms with Gasteiger partial charge in [-0.25, -0.2) is 4.79 Å². The topological polar surface area (TPSA) is 79.0 Å². The van der Waals surface area contributed by atoms with E-state index in [0.717, 1.165) is 21.2 Å². The normalized spacial score (nSPS) is 20.9. The van der Waals surface area contributed by atoms with E-state index >= 15 is 0 Å². The zero-order valence-corrected chi connectivity index (χ0v) is 20.3. The van der Waals surface area contributed by atoms with Crippen LogP contribution in [0.1, 0.15) is 24.1 Å². The summed E-state index contributed by atoms with van der Waals surface area (Å²) in [6.07, 6.45) is 0. The molecule has 184 valence electrons. The summed E-state index contributed by atoms with van der Waals surface area (Å²) in [5, 5.41) is 4.83. The second-order valence-corrected chi connectivity index (χ2v) is 9.48. The number of anilines is 1. The van der Waals surface area contributed by atoms with Gasteiger partial charge in [0.05, 0.1) is 11.7 Å². The van der Waals surface area contributed by atoms with Crippen LogP contribution in [0.15, 0.2) is 97.1 Å². The van der Waals surface area contributed by atoms with E-state index in [1.54, 1.807) is 17.9 Å². The maximum Gasteiger partial charge on any atom is 0.325 e. The number of rotatable bonds is 4. The molecule has 0 aliphatic carbocycles. The minimum absolute atomic E-state index is 0.266. The summed E-state index contributed by atoms with van der Waals surface area (Å²) in [7, 11) is 0. The average Bonchev–Trinajstić information content (AvgIpc) is 3.16. The van der Waals surface area contributed by atoms with Crippen molar-refractivity contribution in [3.05, 3.63) is 108 Å². The first-order valence-corrected chi connectivity index (χ1v) is 12.2. The Labute approximate surface area is 214 Å². The number of hydrogen-bond donors (Lipinski definition) is 1. The van der Waals surface area contributed by atoms with Gasteiger partial charge in [-0.15, -0.1) is 0 Å². The number of amides is 4. The molecule has 0 aromatic heterocycles. The van der Waals surface area contributed by atoms with Crippen LogP contribution in [0.25, 0.3) is 10.8 Å². The highest BCUT2D eigenvalue weighted by Crippen LogP contribution is 2.40. The van der Waals surface area contributed by atoms with E-state index < -0.39 is 23.5 Å². The molecule has 1 N–H and O–H groups in total. The number of benzene rings is 4. The molecule has 4 amide bonds. The second kappa shape index (κ2) is 8.78. The van der Waals surface area contributed by atoms with Crippen molar-refractivity contribution in [2.75, 3.05) is 18.1 Å². The molecule has 0 spiro atoms. The summed E-state index contributed by atoms with van der Waals surface area (Å²) in [6, 6.07) is 29.4. The lowest BCUT2D eigenvalue weighted by atomic mass is 9.90. The Morgan fingerprint density at radius 1 is 0.919 bits per heavy atom. The van der Waals surface area contributed by atoms with Crippen LogP contribution in [0.5, 0.6) is 5.75 Å². The number of nitrogens with zero attached hydrogens (tertiary/aromatic N) is 2. The van der Waals surface area contributed by atoms with Gasteiger partial charge in [0.2, 0.25) is 5.91 Å². The lowest BCUT2D eigenvalue weighted by molar-refractivity contribution is -0.134. The first-order valence-electron chi connectivity index (χ1n) is 12.2. The zero-order chi connectivity index (χ0) is 25.6. The van der Waals surface area contributed by atoms with Crippen molar-refractivity contribution in [1.29, 1.82) is 0 Å². The predicted molar refractivity (Wildman–Crippen MR) is 140 cm³/mol.